The molecule has 0 radical (unpaired) electrons. The molecule has 1 fully saturated rings. The normalized spacial score (nSPS) is 16.9. The summed E-state index contributed by atoms with van der Waals surface area (Å²) in [4.78, 5) is 28.5. The Morgan fingerprint density at radius 3 is 2.67 bits per heavy atom. The number of benzene rings is 3. The van der Waals surface area contributed by atoms with Crippen molar-refractivity contribution in [2.45, 2.75) is 23.1 Å². The number of ketones is 1. The van der Waals surface area contributed by atoms with Crippen LogP contribution in [0.15, 0.2) is 88.1 Å². The third kappa shape index (κ3) is 4.64. The van der Waals surface area contributed by atoms with Crippen LogP contribution in [0, 0.1) is 12.7 Å². The van der Waals surface area contributed by atoms with Gasteiger partial charge in [0.2, 0.25) is 5.13 Å². The Balaban J connectivity index is 1.35. The Morgan fingerprint density at radius 1 is 1.05 bits per heavy atom. The number of aromatic nitrogens is 2. The van der Waals surface area contributed by atoms with E-state index < -0.39 is 29.3 Å². The number of thiophene rings is 1. The molecule has 1 N–H and O–H groups in total. The van der Waals surface area contributed by atoms with Crippen molar-refractivity contribution in [1.29, 1.82) is 0 Å². The molecule has 1 atom stereocenters. The van der Waals surface area contributed by atoms with Gasteiger partial charge in [-0.05, 0) is 46.3 Å². The lowest BCUT2D eigenvalue weighted by atomic mass is 9.99. The Kier molecular flexibility index (Phi) is 6.76. The second kappa shape index (κ2) is 10.4. The predicted octanol–water partition coefficient (Wildman–Crippen LogP) is 7.12. The summed E-state index contributed by atoms with van der Waals surface area (Å²) in [5.41, 5.74) is 1.58. The quantitative estimate of drug-likeness (QED) is 0.0766. The maximum Gasteiger partial charge on any atom is 0.301 e. The van der Waals surface area contributed by atoms with E-state index in [-0.39, 0.29) is 16.3 Å². The van der Waals surface area contributed by atoms with Crippen molar-refractivity contribution in [2.24, 2.45) is 0 Å². The molecule has 0 aliphatic carbocycles. The SMILES string of the molecule is Cc1ccc(C(O)=C2C(=O)C(=O)N(c3nnc(SCc4cccc5ccccc45)s3)[C@H]2c2cccs2)cc1F. The first kappa shape index (κ1) is 25.4. The monoisotopic (exact) mass is 573 g/mol. The zero-order valence-corrected chi connectivity index (χ0v) is 22.9. The Bertz CT molecular complexity index is 1760. The molecule has 0 bridgehead atoms. The van der Waals surface area contributed by atoms with Crippen LogP contribution >= 0.6 is 34.4 Å². The predicted molar refractivity (Wildman–Crippen MR) is 154 cm³/mol. The van der Waals surface area contributed by atoms with E-state index in [2.05, 4.69) is 34.5 Å². The number of nitrogens with zero attached hydrogens (tertiary/aromatic N) is 3. The van der Waals surface area contributed by atoms with Gasteiger partial charge in [-0.1, -0.05) is 83.8 Å². The summed E-state index contributed by atoms with van der Waals surface area (Å²) in [5, 5.41) is 24.1. The molecule has 1 saturated heterocycles. The molecule has 0 spiro atoms. The first-order valence-corrected chi connectivity index (χ1v) is 14.6. The standard InChI is InChI=1S/C29H20FN3O3S3/c1-16-11-12-18(14-21(16)30)25(34)23-24(22-10-5-13-37-22)33(27(36)26(23)35)28-31-32-29(39-28)38-15-19-8-4-7-17-6-2-3-9-20(17)19/h2-14,24,34H,15H2,1H3/t24-/m0/s1. The Hall–Kier alpha value is -3.86. The zero-order valence-electron chi connectivity index (χ0n) is 20.5. The van der Waals surface area contributed by atoms with Crippen LogP contribution in [0.3, 0.4) is 0 Å². The second-order valence-electron chi connectivity index (χ2n) is 8.93. The lowest BCUT2D eigenvalue weighted by Gasteiger charge is -2.20. The van der Waals surface area contributed by atoms with Gasteiger partial charge >= 0.3 is 5.91 Å². The molecule has 1 aliphatic heterocycles. The van der Waals surface area contributed by atoms with Gasteiger partial charge in [-0.15, -0.1) is 21.5 Å². The number of thioether (sulfide) groups is 1. The molecule has 10 heteroatoms. The number of carbonyl (C=O) groups excluding carboxylic acids is 2. The molecule has 3 heterocycles. The van der Waals surface area contributed by atoms with Gasteiger partial charge in [0.25, 0.3) is 5.78 Å². The number of anilines is 1. The van der Waals surface area contributed by atoms with Crippen molar-refractivity contribution in [3.63, 3.8) is 0 Å². The van der Waals surface area contributed by atoms with Crippen molar-refractivity contribution in [3.8, 4) is 0 Å². The number of halogens is 1. The van der Waals surface area contributed by atoms with Crippen LogP contribution in [-0.2, 0) is 15.3 Å². The smallest absolute Gasteiger partial charge is 0.301 e. The molecule has 1 amide bonds. The summed E-state index contributed by atoms with van der Waals surface area (Å²) in [6.45, 7) is 1.61. The van der Waals surface area contributed by atoms with Crippen LogP contribution in [-0.4, -0.2) is 27.0 Å². The molecule has 0 saturated carbocycles. The summed E-state index contributed by atoms with van der Waals surface area (Å²) < 4.78 is 14.9. The van der Waals surface area contributed by atoms with Gasteiger partial charge in [-0.25, -0.2) is 4.39 Å². The summed E-state index contributed by atoms with van der Waals surface area (Å²) >= 11 is 4.05. The summed E-state index contributed by atoms with van der Waals surface area (Å²) in [5.74, 6) is -1.96. The van der Waals surface area contributed by atoms with Crippen molar-refractivity contribution in [3.05, 3.63) is 111 Å². The van der Waals surface area contributed by atoms with E-state index in [1.807, 2.05) is 23.6 Å². The van der Waals surface area contributed by atoms with Crippen LogP contribution in [0.25, 0.3) is 16.5 Å². The summed E-state index contributed by atoms with van der Waals surface area (Å²) in [6.07, 6.45) is 0. The number of hydrogen-bond acceptors (Lipinski definition) is 8. The Morgan fingerprint density at radius 2 is 1.87 bits per heavy atom. The minimum absolute atomic E-state index is 0.106. The topological polar surface area (TPSA) is 83.4 Å². The number of rotatable bonds is 6. The minimum Gasteiger partial charge on any atom is -0.507 e. The molecule has 1 aliphatic rings. The van der Waals surface area contributed by atoms with Crippen molar-refractivity contribution >= 4 is 67.8 Å². The molecule has 6 rings (SSSR count). The molecule has 3 aromatic carbocycles. The van der Waals surface area contributed by atoms with Crippen LogP contribution < -0.4 is 4.90 Å². The average Bonchev–Trinajstić information content (AvgIpc) is 3.69. The van der Waals surface area contributed by atoms with E-state index in [1.165, 1.54) is 51.5 Å². The van der Waals surface area contributed by atoms with Gasteiger partial charge in [-0.3, -0.25) is 14.5 Å². The fraction of sp³-hybridized carbons (Fsp3) is 0.103. The number of aliphatic hydroxyl groups excluding tert-OH is 1. The van der Waals surface area contributed by atoms with Crippen LogP contribution in [0.4, 0.5) is 9.52 Å². The number of hydrogen-bond donors (Lipinski definition) is 1. The lowest BCUT2D eigenvalue weighted by molar-refractivity contribution is -0.132. The van der Waals surface area contributed by atoms with Crippen LogP contribution in [0.5, 0.6) is 0 Å². The third-order valence-corrected chi connectivity index (χ3v) is 9.56. The van der Waals surface area contributed by atoms with E-state index in [1.54, 1.807) is 19.1 Å². The maximum atomic E-state index is 14.3. The molecule has 0 unspecified atom stereocenters. The average molecular weight is 574 g/mol. The molecule has 39 heavy (non-hydrogen) atoms. The minimum atomic E-state index is -0.904. The van der Waals surface area contributed by atoms with Crippen molar-refractivity contribution in [2.75, 3.05) is 4.90 Å². The number of fused-ring (bicyclic) bond motifs is 1. The fourth-order valence-electron chi connectivity index (χ4n) is 4.56. The number of aryl methyl sites for hydroxylation is 1. The molecule has 5 aromatic rings. The fourth-order valence-corrected chi connectivity index (χ4v) is 7.25. The van der Waals surface area contributed by atoms with Gasteiger partial charge in [0.1, 0.15) is 17.6 Å². The summed E-state index contributed by atoms with van der Waals surface area (Å²) in [7, 11) is 0. The second-order valence-corrected chi connectivity index (χ2v) is 12.1. The summed E-state index contributed by atoms with van der Waals surface area (Å²) in [6, 6.07) is 21.2. The van der Waals surface area contributed by atoms with E-state index in [4.69, 9.17) is 0 Å². The van der Waals surface area contributed by atoms with E-state index in [0.717, 1.165) is 22.4 Å². The van der Waals surface area contributed by atoms with Crippen LogP contribution in [0.2, 0.25) is 0 Å². The zero-order chi connectivity index (χ0) is 27.1. The molecular weight excluding hydrogens is 554 g/mol. The first-order valence-electron chi connectivity index (χ1n) is 12.0. The van der Waals surface area contributed by atoms with E-state index in [9.17, 15) is 19.1 Å². The highest BCUT2D eigenvalue weighted by atomic mass is 32.2. The molecule has 194 valence electrons. The molecular formula is C29H20FN3O3S3. The number of Topliss-reactive ketones (excluding diaryl/α,β-unsaturated/α-hetero) is 1. The molecule has 2 aromatic heterocycles. The Labute approximate surface area is 235 Å². The first-order chi connectivity index (χ1) is 18.9. The number of carbonyl (C=O) groups is 2. The van der Waals surface area contributed by atoms with Gasteiger partial charge in [-0.2, -0.15) is 0 Å². The van der Waals surface area contributed by atoms with Gasteiger partial charge in [0, 0.05) is 16.2 Å². The highest BCUT2D eigenvalue weighted by molar-refractivity contribution is 8.00. The lowest BCUT2D eigenvalue weighted by Crippen LogP contribution is -2.29. The van der Waals surface area contributed by atoms with Crippen molar-refractivity contribution < 1.29 is 19.1 Å². The number of aliphatic hydroxyl groups is 1. The van der Waals surface area contributed by atoms with Crippen LogP contribution in [0.1, 0.15) is 27.6 Å². The number of amides is 1. The van der Waals surface area contributed by atoms with Gasteiger partial charge in [0.05, 0.1) is 5.57 Å². The highest BCUT2D eigenvalue weighted by Crippen LogP contribution is 2.45. The third-order valence-electron chi connectivity index (χ3n) is 6.54. The maximum absolute atomic E-state index is 14.3. The van der Waals surface area contributed by atoms with Crippen molar-refractivity contribution in [1.82, 2.24) is 10.2 Å². The van der Waals surface area contributed by atoms with Gasteiger partial charge in [0.15, 0.2) is 4.34 Å². The molecule has 6 nitrogen and oxygen atoms in total. The van der Waals surface area contributed by atoms with Gasteiger partial charge < -0.3 is 5.11 Å². The largest absolute Gasteiger partial charge is 0.507 e. The highest BCUT2D eigenvalue weighted by Gasteiger charge is 2.48. The van der Waals surface area contributed by atoms with E-state index in [0.29, 0.717) is 20.5 Å². The van der Waals surface area contributed by atoms with E-state index >= 15 is 0 Å².